The molecule has 12 heteroatoms. The predicted molar refractivity (Wildman–Crippen MR) is 149 cm³/mol. The lowest BCUT2D eigenvalue weighted by molar-refractivity contribution is -0.274. The third kappa shape index (κ3) is 6.20. The van der Waals surface area contributed by atoms with Gasteiger partial charge in [-0.3, -0.25) is 0 Å². The highest BCUT2D eigenvalue weighted by atomic mass is 19.4. The number of rotatable bonds is 8. The van der Waals surface area contributed by atoms with Crippen molar-refractivity contribution < 1.29 is 41.5 Å². The van der Waals surface area contributed by atoms with Gasteiger partial charge in [-0.2, -0.15) is 0 Å². The number of fused-ring (bicyclic) bond motifs is 2. The van der Waals surface area contributed by atoms with Crippen LogP contribution in [0.4, 0.5) is 23.7 Å². The molecule has 0 radical (unpaired) electrons. The van der Waals surface area contributed by atoms with Crippen molar-refractivity contribution in [2.45, 2.75) is 82.5 Å². The summed E-state index contributed by atoms with van der Waals surface area (Å²) < 4.78 is 59.8. The molecule has 2 amide bonds. The molecule has 3 aliphatic rings. The van der Waals surface area contributed by atoms with Gasteiger partial charge in [-0.05, 0) is 63.1 Å². The summed E-state index contributed by atoms with van der Waals surface area (Å²) in [7, 11) is 1.06. The molecule has 2 bridgehead atoms. The third-order valence-corrected chi connectivity index (χ3v) is 8.42. The predicted octanol–water partition coefficient (Wildman–Crippen LogP) is 6.96. The number of hydrogen-bond acceptors (Lipinski definition) is 7. The number of urea groups is 1. The molecule has 2 saturated heterocycles. The Morgan fingerprint density at radius 1 is 1.07 bits per heavy atom. The van der Waals surface area contributed by atoms with Crippen molar-refractivity contribution in [2.24, 2.45) is 0 Å². The van der Waals surface area contributed by atoms with E-state index in [0.29, 0.717) is 25.4 Å². The second kappa shape index (κ2) is 11.6. The van der Waals surface area contributed by atoms with Crippen LogP contribution in [0.25, 0.3) is 11.3 Å². The van der Waals surface area contributed by atoms with E-state index in [1.54, 1.807) is 4.90 Å². The zero-order valence-electron chi connectivity index (χ0n) is 23.8. The Morgan fingerprint density at radius 3 is 2.44 bits per heavy atom. The standard InChI is InChI=1S/C31H32F3N3O6/c1-17-5-3-4-6-23(17)27-25(28(43-36-27)18-7-8-18)16-41-22-14-20-10-11-21(15-22)37(20)30(39)35-19-9-12-24(29(38)40-2)26(13-19)42-31(32,33)34/h3-6,9,12-13,18,20-22H,7-8,10-11,14-16H2,1-2H3,(H,35,39). The maximum absolute atomic E-state index is 13.3. The highest BCUT2D eigenvalue weighted by Gasteiger charge is 2.44. The molecule has 1 aliphatic carbocycles. The molecule has 228 valence electrons. The number of aryl methyl sites for hydroxylation is 1. The molecule has 6 rings (SSSR count). The second-order valence-electron chi connectivity index (χ2n) is 11.3. The first kappa shape index (κ1) is 29.0. The molecule has 1 N–H and O–H groups in total. The van der Waals surface area contributed by atoms with E-state index in [-0.39, 0.29) is 23.9 Å². The van der Waals surface area contributed by atoms with Crippen molar-refractivity contribution in [3.8, 4) is 17.0 Å². The van der Waals surface area contributed by atoms with Crippen molar-refractivity contribution in [3.05, 3.63) is 64.9 Å². The normalized spacial score (nSPS) is 21.5. The Kier molecular flexibility index (Phi) is 7.80. The fourth-order valence-electron chi connectivity index (χ4n) is 6.25. The van der Waals surface area contributed by atoms with Gasteiger partial charge in [0, 0.05) is 40.9 Å². The van der Waals surface area contributed by atoms with E-state index in [2.05, 4.69) is 19.9 Å². The number of aromatic nitrogens is 1. The summed E-state index contributed by atoms with van der Waals surface area (Å²) in [6.07, 6.45) is -0.0782. The molecule has 1 saturated carbocycles. The van der Waals surface area contributed by atoms with Crippen molar-refractivity contribution >= 4 is 17.7 Å². The van der Waals surface area contributed by atoms with Crippen LogP contribution in [-0.2, 0) is 16.1 Å². The van der Waals surface area contributed by atoms with E-state index in [1.165, 1.54) is 6.07 Å². The molecule has 2 atom stereocenters. The van der Waals surface area contributed by atoms with Crippen LogP contribution in [0.2, 0.25) is 0 Å². The van der Waals surface area contributed by atoms with Gasteiger partial charge in [0.25, 0.3) is 0 Å². The average Bonchev–Trinajstić information content (AvgIpc) is 3.66. The van der Waals surface area contributed by atoms with E-state index in [0.717, 1.165) is 73.1 Å². The number of ether oxygens (including phenoxy) is 3. The summed E-state index contributed by atoms with van der Waals surface area (Å²) in [4.78, 5) is 27.0. The lowest BCUT2D eigenvalue weighted by atomic mass is 9.99. The maximum atomic E-state index is 13.3. The van der Waals surface area contributed by atoms with Crippen LogP contribution < -0.4 is 10.1 Å². The van der Waals surface area contributed by atoms with Crippen molar-refractivity contribution in [3.63, 3.8) is 0 Å². The van der Waals surface area contributed by atoms with Gasteiger partial charge in [-0.25, -0.2) is 9.59 Å². The number of benzene rings is 2. The molecule has 3 heterocycles. The summed E-state index contributed by atoms with van der Waals surface area (Å²) >= 11 is 0. The minimum absolute atomic E-state index is 0.0680. The number of alkyl halides is 3. The Balaban J connectivity index is 1.12. The summed E-state index contributed by atoms with van der Waals surface area (Å²) in [5.41, 5.74) is 3.58. The quantitative estimate of drug-likeness (QED) is 0.279. The van der Waals surface area contributed by atoms with Crippen LogP contribution >= 0.6 is 0 Å². The molecule has 9 nitrogen and oxygen atoms in total. The molecule has 3 aromatic rings. The Hall–Kier alpha value is -4.06. The van der Waals surface area contributed by atoms with Crippen LogP contribution in [-0.4, -0.2) is 53.7 Å². The fraction of sp³-hybridized carbons (Fsp3) is 0.452. The smallest absolute Gasteiger partial charge is 0.465 e. The molecule has 3 fully saturated rings. The summed E-state index contributed by atoms with van der Waals surface area (Å²) in [5.74, 6) is -0.477. The monoisotopic (exact) mass is 599 g/mol. The SMILES string of the molecule is COC(=O)c1ccc(NC(=O)N2C3CCC2CC(OCc2c(-c4ccccc4C)noc2C2CC2)C3)cc1OC(F)(F)F. The summed E-state index contributed by atoms with van der Waals surface area (Å²) in [6.45, 7) is 2.41. The van der Waals surface area contributed by atoms with Gasteiger partial charge in [-0.15, -0.1) is 13.2 Å². The number of esters is 1. The number of anilines is 1. The molecule has 1 aromatic heterocycles. The lowest BCUT2D eigenvalue weighted by Crippen LogP contribution is -2.50. The van der Waals surface area contributed by atoms with E-state index in [9.17, 15) is 22.8 Å². The highest BCUT2D eigenvalue weighted by molar-refractivity contribution is 5.95. The first-order valence-electron chi connectivity index (χ1n) is 14.3. The van der Waals surface area contributed by atoms with Crippen LogP contribution in [0.3, 0.4) is 0 Å². The van der Waals surface area contributed by atoms with Gasteiger partial charge < -0.3 is 29.0 Å². The van der Waals surface area contributed by atoms with E-state index in [4.69, 9.17) is 9.26 Å². The number of piperidine rings is 1. The average molecular weight is 600 g/mol. The first-order chi connectivity index (χ1) is 20.6. The Labute approximate surface area is 246 Å². The zero-order valence-corrected chi connectivity index (χ0v) is 23.8. The van der Waals surface area contributed by atoms with Gasteiger partial charge in [0.05, 0.1) is 19.8 Å². The molecule has 2 aliphatic heterocycles. The molecule has 2 unspecified atom stereocenters. The third-order valence-electron chi connectivity index (χ3n) is 8.42. The van der Waals surface area contributed by atoms with Gasteiger partial charge in [-0.1, -0.05) is 29.4 Å². The maximum Gasteiger partial charge on any atom is 0.573 e. The van der Waals surface area contributed by atoms with Crippen molar-refractivity contribution in [2.75, 3.05) is 12.4 Å². The number of hydrogen-bond donors (Lipinski definition) is 1. The number of nitrogens with zero attached hydrogens (tertiary/aromatic N) is 2. The first-order valence-corrected chi connectivity index (χ1v) is 14.3. The fourth-order valence-corrected chi connectivity index (χ4v) is 6.25. The number of carbonyl (C=O) groups is 2. The molecule has 0 spiro atoms. The van der Waals surface area contributed by atoms with Gasteiger partial charge in [0.2, 0.25) is 0 Å². The van der Waals surface area contributed by atoms with E-state index in [1.807, 2.05) is 31.2 Å². The number of carbonyl (C=O) groups excluding carboxylic acids is 2. The van der Waals surface area contributed by atoms with Crippen molar-refractivity contribution in [1.82, 2.24) is 10.1 Å². The van der Waals surface area contributed by atoms with Crippen LogP contribution in [0.5, 0.6) is 5.75 Å². The van der Waals surface area contributed by atoms with Crippen molar-refractivity contribution in [1.29, 1.82) is 0 Å². The number of nitrogens with one attached hydrogen (secondary N) is 1. The van der Waals surface area contributed by atoms with Gasteiger partial charge in [0.15, 0.2) is 0 Å². The number of amides is 2. The van der Waals surface area contributed by atoms with Crippen LogP contribution in [0.1, 0.15) is 71.7 Å². The zero-order chi connectivity index (χ0) is 30.3. The lowest BCUT2D eigenvalue weighted by Gasteiger charge is -2.38. The molecule has 2 aromatic carbocycles. The van der Waals surface area contributed by atoms with E-state index >= 15 is 0 Å². The molecule has 43 heavy (non-hydrogen) atoms. The Bertz CT molecular complexity index is 1500. The second-order valence-corrected chi connectivity index (χ2v) is 11.3. The van der Waals surface area contributed by atoms with Gasteiger partial charge >= 0.3 is 18.4 Å². The summed E-state index contributed by atoms with van der Waals surface area (Å²) in [5, 5.41) is 7.10. The molecular weight excluding hydrogens is 567 g/mol. The minimum atomic E-state index is -5.03. The van der Waals surface area contributed by atoms with Crippen LogP contribution in [0, 0.1) is 6.92 Å². The minimum Gasteiger partial charge on any atom is -0.465 e. The highest BCUT2D eigenvalue weighted by Crippen LogP contribution is 2.45. The topological polar surface area (TPSA) is 103 Å². The Morgan fingerprint density at radius 2 is 1.79 bits per heavy atom. The van der Waals surface area contributed by atoms with E-state index < -0.39 is 29.7 Å². The number of methoxy groups -OCH3 is 1. The largest absolute Gasteiger partial charge is 0.573 e. The summed E-state index contributed by atoms with van der Waals surface area (Å²) in [6, 6.07) is 10.9. The number of halogens is 3. The van der Waals surface area contributed by atoms with Crippen LogP contribution in [0.15, 0.2) is 47.0 Å². The molecular formula is C31H32F3N3O6. The van der Waals surface area contributed by atoms with Gasteiger partial charge in [0.1, 0.15) is 22.8 Å².